The molecule has 0 radical (unpaired) electrons. The molecule has 3 aromatic carbocycles. The van der Waals surface area contributed by atoms with Crippen LogP contribution in [-0.4, -0.2) is 15.8 Å². The molecule has 0 aromatic heterocycles. The third-order valence-corrected chi connectivity index (χ3v) is 5.57. The monoisotopic (exact) mass is 390 g/mol. The van der Waals surface area contributed by atoms with Gasteiger partial charge in [-0.3, -0.25) is 0 Å². The van der Waals surface area contributed by atoms with E-state index in [9.17, 15) is 5.11 Å². The fraction of sp³-hybridized carbons (Fsp3) is 0.174. The fourth-order valence-electron chi connectivity index (χ4n) is 3.88. The molecule has 4 nitrogen and oxygen atoms in total. The first kappa shape index (κ1) is 17.1. The van der Waals surface area contributed by atoms with Crippen LogP contribution in [0, 0.1) is 6.92 Å². The number of para-hydroxylation sites is 1. The molecule has 0 amide bonds. The summed E-state index contributed by atoms with van der Waals surface area (Å²) in [7, 11) is 0. The Bertz CT molecular complexity index is 1080. The van der Waals surface area contributed by atoms with E-state index in [0.717, 1.165) is 29.0 Å². The highest BCUT2D eigenvalue weighted by atomic mass is 35.5. The molecule has 5 rings (SSSR count). The van der Waals surface area contributed by atoms with Crippen LogP contribution < -0.4 is 4.74 Å². The summed E-state index contributed by atoms with van der Waals surface area (Å²) in [6.45, 7) is 2.07. The second-order valence-corrected chi connectivity index (χ2v) is 7.66. The molecule has 0 bridgehead atoms. The molecule has 0 saturated heterocycles. The Hall–Kier alpha value is -2.98. The van der Waals surface area contributed by atoms with Crippen LogP contribution in [0.5, 0.6) is 11.5 Å². The number of nitrogens with zero attached hydrogens (tertiary/aromatic N) is 2. The van der Waals surface area contributed by atoms with Crippen molar-refractivity contribution in [3.05, 3.63) is 94.0 Å². The number of fused-ring (bicyclic) bond motifs is 3. The predicted molar refractivity (Wildman–Crippen MR) is 110 cm³/mol. The van der Waals surface area contributed by atoms with Gasteiger partial charge >= 0.3 is 0 Å². The van der Waals surface area contributed by atoms with E-state index >= 15 is 0 Å². The Morgan fingerprint density at radius 2 is 1.82 bits per heavy atom. The lowest BCUT2D eigenvalue weighted by Crippen LogP contribution is -2.33. The van der Waals surface area contributed by atoms with E-state index in [1.165, 1.54) is 5.56 Å². The molecule has 5 heteroatoms. The highest BCUT2D eigenvalue weighted by Crippen LogP contribution is 2.48. The zero-order valence-electron chi connectivity index (χ0n) is 15.3. The summed E-state index contributed by atoms with van der Waals surface area (Å²) in [5.41, 5.74) is 5.05. The first-order valence-electron chi connectivity index (χ1n) is 9.27. The maximum absolute atomic E-state index is 10.5. The minimum absolute atomic E-state index is 0.0460. The van der Waals surface area contributed by atoms with Crippen molar-refractivity contribution < 1.29 is 9.84 Å². The summed E-state index contributed by atoms with van der Waals surface area (Å²) in [5.74, 6) is 0.958. The Labute approximate surface area is 168 Å². The zero-order chi connectivity index (χ0) is 19.3. The summed E-state index contributed by atoms with van der Waals surface area (Å²) < 4.78 is 6.27. The third-order valence-electron chi connectivity index (χ3n) is 5.34. The summed E-state index contributed by atoms with van der Waals surface area (Å²) in [6.07, 6.45) is 0.239. The first-order valence-corrected chi connectivity index (χ1v) is 9.65. The van der Waals surface area contributed by atoms with Gasteiger partial charge in [0.1, 0.15) is 11.5 Å². The molecule has 0 saturated carbocycles. The second kappa shape index (κ2) is 6.57. The van der Waals surface area contributed by atoms with Crippen LogP contribution in [0.25, 0.3) is 0 Å². The van der Waals surface area contributed by atoms with Gasteiger partial charge in [-0.25, -0.2) is 5.01 Å². The molecule has 140 valence electrons. The number of ether oxygens (including phenoxy) is 1. The number of hydrogen-bond donors (Lipinski definition) is 1. The Morgan fingerprint density at radius 1 is 1.04 bits per heavy atom. The molecule has 1 N–H and O–H groups in total. The standard InChI is InChI=1S/C23H19ClN2O2/c1-14-6-8-15(9-7-14)19-13-20-17-4-2-3-5-22(17)28-23(26(20)25-19)18-12-16(24)10-11-21(18)27/h2-12,20,23,27H,13H2,1H3/t20-,23+/m0/s1. The van der Waals surface area contributed by atoms with Crippen molar-refractivity contribution in [2.75, 3.05) is 0 Å². The molecule has 0 aliphatic carbocycles. The largest absolute Gasteiger partial charge is 0.507 e. The van der Waals surface area contributed by atoms with Crippen molar-refractivity contribution in [3.63, 3.8) is 0 Å². The van der Waals surface area contributed by atoms with Gasteiger partial charge in [-0.2, -0.15) is 5.10 Å². The number of hydrazone groups is 1. The summed E-state index contributed by atoms with van der Waals surface area (Å²) in [6, 6.07) is 21.5. The molecule has 0 unspecified atom stereocenters. The van der Waals surface area contributed by atoms with Crippen molar-refractivity contribution in [1.82, 2.24) is 5.01 Å². The average Bonchev–Trinajstić information content (AvgIpc) is 3.15. The van der Waals surface area contributed by atoms with Gasteiger partial charge < -0.3 is 9.84 Å². The van der Waals surface area contributed by atoms with Crippen molar-refractivity contribution in [2.45, 2.75) is 25.6 Å². The second-order valence-electron chi connectivity index (χ2n) is 7.22. The van der Waals surface area contributed by atoms with Crippen molar-refractivity contribution in [2.24, 2.45) is 5.10 Å². The van der Waals surface area contributed by atoms with Gasteiger partial charge in [0, 0.05) is 17.0 Å². The molecule has 3 aromatic rings. The number of rotatable bonds is 2. The van der Waals surface area contributed by atoms with Crippen LogP contribution in [0.3, 0.4) is 0 Å². The van der Waals surface area contributed by atoms with E-state index in [4.69, 9.17) is 21.4 Å². The van der Waals surface area contributed by atoms with Crippen molar-refractivity contribution in [1.29, 1.82) is 0 Å². The van der Waals surface area contributed by atoms with Crippen LogP contribution in [0.15, 0.2) is 71.8 Å². The Morgan fingerprint density at radius 3 is 2.64 bits per heavy atom. The van der Waals surface area contributed by atoms with Gasteiger partial charge in [-0.05, 0) is 36.8 Å². The maximum Gasteiger partial charge on any atom is 0.217 e. The van der Waals surface area contributed by atoms with Crippen LogP contribution >= 0.6 is 11.6 Å². The normalized spacial score (nSPS) is 20.2. The molecule has 28 heavy (non-hydrogen) atoms. The summed E-state index contributed by atoms with van der Waals surface area (Å²) in [5, 5.41) is 17.9. The first-order chi connectivity index (χ1) is 13.6. The number of aryl methyl sites for hydroxylation is 1. The number of phenolic OH excluding ortho intramolecular Hbond substituents is 1. The molecular weight excluding hydrogens is 372 g/mol. The highest BCUT2D eigenvalue weighted by molar-refractivity contribution is 6.30. The summed E-state index contributed by atoms with van der Waals surface area (Å²) in [4.78, 5) is 0. The van der Waals surface area contributed by atoms with Gasteiger partial charge in [0.25, 0.3) is 0 Å². The summed E-state index contributed by atoms with van der Waals surface area (Å²) >= 11 is 6.20. The third kappa shape index (κ3) is 2.81. The lowest BCUT2D eigenvalue weighted by atomic mass is 9.95. The lowest BCUT2D eigenvalue weighted by Gasteiger charge is -2.38. The lowest BCUT2D eigenvalue weighted by molar-refractivity contribution is -0.0203. The number of phenols is 1. The van der Waals surface area contributed by atoms with Gasteiger partial charge in [0.2, 0.25) is 6.23 Å². The molecule has 2 heterocycles. The molecule has 2 aliphatic heterocycles. The number of halogens is 1. The molecular formula is C23H19ClN2O2. The molecule has 0 fully saturated rings. The van der Waals surface area contributed by atoms with Gasteiger partial charge in [0.15, 0.2) is 0 Å². The van der Waals surface area contributed by atoms with Crippen LogP contribution in [0.1, 0.15) is 40.9 Å². The van der Waals surface area contributed by atoms with E-state index in [2.05, 4.69) is 37.3 Å². The number of aromatic hydroxyl groups is 1. The predicted octanol–water partition coefficient (Wildman–Crippen LogP) is 5.60. The highest BCUT2D eigenvalue weighted by Gasteiger charge is 2.41. The minimum atomic E-state index is -0.540. The number of benzene rings is 3. The maximum atomic E-state index is 10.5. The van der Waals surface area contributed by atoms with Crippen LogP contribution in [0.4, 0.5) is 0 Å². The van der Waals surface area contributed by atoms with Gasteiger partial charge in [-0.1, -0.05) is 59.6 Å². The Balaban J connectivity index is 1.62. The van der Waals surface area contributed by atoms with Crippen molar-refractivity contribution in [3.8, 4) is 11.5 Å². The van der Waals surface area contributed by atoms with E-state index in [1.54, 1.807) is 18.2 Å². The smallest absolute Gasteiger partial charge is 0.217 e. The van der Waals surface area contributed by atoms with Gasteiger partial charge in [0.05, 0.1) is 17.3 Å². The van der Waals surface area contributed by atoms with E-state index in [1.807, 2.05) is 23.2 Å². The topological polar surface area (TPSA) is 45.1 Å². The van der Waals surface area contributed by atoms with Crippen LogP contribution in [-0.2, 0) is 0 Å². The zero-order valence-corrected chi connectivity index (χ0v) is 16.1. The minimum Gasteiger partial charge on any atom is -0.507 e. The van der Waals surface area contributed by atoms with Crippen LogP contribution in [0.2, 0.25) is 5.02 Å². The Kier molecular flexibility index (Phi) is 4.02. The SMILES string of the molecule is Cc1ccc(C2=NN3[C@@H](c4cc(Cl)ccc4O)Oc4ccccc4[C@@H]3C2)cc1. The van der Waals surface area contributed by atoms with Crippen molar-refractivity contribution >= 4 is 17.3 Å². The van der Waals surface area contributed by atoms with E-state index < -0.39 is 6.23 Å². The van der Waals surface area contributed by atoms with Gasteiger partial charge in [-0.15, -0.1) is 0 Å². The average molecular weight is 391 g/mol. The number of hydrogen-bond acceptors (Lipinski definition) is 4. The van der Waals surface area contributed by atoms with E-state index in [-0.39, 0.29) is 11.8 Å². The molecule has 0 spiro atoms. The molecule has 2 aliphatic rings. The fourth-order valence-corrected chi connectivity index (χ4v) is 4.06. The molecule has 2 atom stereocenters. The quantitative estimate of drug-likeness (QED) is 0.619. The van der Waals surface area contributed by atoms with E-state index in [0.29, 0.717) is 10.6 Å².